The first-order chi connectivity index (χ1) is 9.95. The predicted octanol–water partition coefficient (Wildman–Crippen LogP) is 3.14. The van der Waals surface area contributed by atoms with Gasteiger partial charge in [-0.25, -0.2) is 4.39 Å². The van der Waals surface area contributed by atoms with Crippen LogP contribution in [0.1, 0.15) is 0 Å². The monoisotopic (exact) mass is 307 g/mol. The molecule has 1 amide bonds. The Morgan fingerprint density at radius 2 is 2.10 bits per heavy atom. The molecule has 0 spiro atoms. The van der Waals surface area contributed by atoms with E-state index in [1.807, 2.05) is 0 Å². The molecule has 2 rings (SSSR count). The van der Waals surface area contributed by atoms with Crippen molar-refractivity contribution in [2.24, 2.45) is 0 Å². The van der Waals surface area contributed by atoms with E-state index in [4.69, 9.17) is 17.3 Å². The van der Waals surface area contributed by atoms with Gasteiger partial charge < -0.3 is 16.0 Å². The molecular formula is C15H15ClFN3O. The van der Waals surface area contributed by atoms with Gasteiger partial charge in [-0.2, -0.15) is 0 Å². The molecule has 110 valence electrons. The highest BCUT2D eigenvalue weighted by molar-refractivity contribution is 6.33. The van der Waals surface area contributed by atoms with Crippen molar-refractivity contribution in [3.63, 3.8) is 0 Å². The number of carbonyl (C=O) groups excluding carboxylic acids is 1. The summed E-state index contributed by atoms with van der Waals surface area (Å²) in [6, 6.07) is 10.9. The number of hydrogen-bond acceptors (Lipinski definition) is 3. The topological polar surface area (TPSA) is 58.4 Å². The Hall–Kier alpha value is -2.27. The van der Waals surface area contributed by atoms with E-state index in [-0.39, 0.29) is 18.3 Å². The summed E-state index contributed by atoms with van der Waals surface area (Å²) in [7, 11) is 1.71. The number of likely N-dealkylation sites (N-methyl/N-ethyl adjacent to an activating group) is 1. The van der Waals surface area contributed by atoms with E-state index in [2.05, 4.69) is 5.32 Å². The van der Waals surface area contributed by atoms with E-state index in [1.54, 1.807) is 42.3 Å². The lowest BCUT2D eigenvalue weighted by atomic mass is 10.2. The van der Waals surface area contributed by atoms with Gasteiger partial charge >= 0.3 is 0 Å². The fraction of sp³-hybridized carbons (Fsp3) is 0.133. The number of amides is 1. The number of anilines is 3. The van der Waals surface area contributed by atoms with Crippen molar-refractivity contribution < 1.29 is 9.18 Å². The number of nitrogens with two attached hydrogens (primary N) is 1. The van der Waals surface area contributed by atoms with Crippen molar-refractivity contribution in [2.75, 3.05) is 29.5 Å². The smallest absolute Gasteiger partial charge is 0.243 e. The van der Waals surface area contributed by atoms with Gasteiger partial charge in [-0.05, 0) is 36.4 Å². The molecule has 0 aliphatic carbocycles. The summed E-state index contributed by atoms with van der Waals surface area (Å²) in [4.78, 5) is 13.6. The number of carbonyl (C=O) groups is 1. The highest BCUT2D eigenvalue weighted by Crippen LogP contribution is 2.22. The zero-order chi connectivity index (χ0) is 15.4. The fourth-order valence-electron chi connectivity index (χ4n) is 1.84. The summed E-state index contributed by atoms with van der Waals surface area (Å²) in [5.41, 5.74) is 7.26. The molecule has 0 bridgehead atoms. The maximum Gasteiger partial charge on any atom is 0.243 e. The van der Waals surface area contributed by atoms with Crippen molar-refractivity contribution in [3.05, 3.63) is 53.3 Å². The third-order valence-corrected chi connectivity index (χ3v) is 3.25. The minimum Gasteiger partial charge on any atom is -0.397 e. The molecule has 21 heavy (non-hydrogen) atoms. The van der Waals surface area contributed by atoms with Crippen molar-refractivity contribution >= 4 is 34.6 Å². The molecule has 2 aromatic carbocycles. The molecule has 0 fully saturated rings. The summed E-state index contributed by atoms with van der Waals surface area (Å²) in [6.45, 7) is 0.0893. The van der Waals surface area contributed by atoms with E-state index < -0.39 is 0 Å². The zero-order valence-corrected chi connectivity index (χ0v) is 12.2. The van der Waals surface area contributed by atoms with Crippen LogP contribution in [-0.4, -0.2) is 19.5 Å². The number of nitrogens with zero attached hydrogens (tertiary/aromatic N) is 1. The molecule has 2 aromatic rings. The molecule has 0 saturated heterocycles. The van der Waals surface area contributed by atoms with Gasteiger partial charge in [0.25, 0.3) is 0 Å². The number of halogens is 2. The number of benzene rings is 2. The standard InChI is InChI=1S/C15H15ClFN3O/c1-20(12-4-2-3-10(17)7-12)9-15(21)19-11-5-6-13(16)14(18)8-11/h2-8H,9,18H2,1H3,(H,19,21). The summed E-state index contributed by atoms with van der Waals surface area (Å²) < 4.78 is 13.1. The first-order valence-corrected chi connectivity index (χ1v) is 6.65. The molecule has 0 saturated carbocycles. The van der Waals surface area contributed by atoms with Gasteiger partial charge in [-0.1, -0.05) is 17.7 Å². The van der Waals surface area contributed by atoms with Crippen LogP contribution in [0.4, 0.5) is 21.5 Å². The number of rotatable bonds is 4. The van der Waals surface area contributed by atoms with Gasteiger partial charge in [-0.15, -0.1) is 0 Å². The molecule has 0 radical (unpaired) electrons. The Balaban J connectivity index is 1.99. The second-order valence-corrected chi connectivity index (χ2v) is 5.03. The molecule has 3 N–H and O–H groups in total. The van der Waals surface area contributed by atoms with E-state index in [0.717, 1.165) is 0 Å². The van der Waals surface area contributed by atoms with Crippen molar-refractivity contribution in [1.82, 2.24) is 0 Å². The summed E-state index contributed by atoms with van der Waals surface area (Å²) >= 11 is 5.81. The van der Waals surface area contributed by atoms with Crippen LogP contribution in [0.25, 0.3) is 0 Å². The molecule has 6 heteroatoms. The third kappa shape index (κ3) is 4.10. The SMILES string of the molecule is CN(CC(=O)Nc1ccc(Cl)c(N)c1)c1cccc(F)c1. The quantitative estimate of drug-likeness (QED) is 0.853. The van der Waals surface area contributed by atoms with Gasteiger partial charge in [-0.3, -0.25) is 4.79 Å². The third-order valence-electron chi connectivity index (χ3n) is 2.91. The molecule has 0 unspecified atom stereocenters. The number of hydrogen-bond donors (Lipinski definition) is 2. The highest BCUT2D eigenvalue weighted by atomic mass is 35.5. The maximum absolute atomic E-state index is 13.1. The van der Waals surface area contributed by atoms with Gasteiger partial charge in [0.1, 0.15) is 5.82 Å². The summed E-state index contributed by atoms with van der Waals surface area (Å²) in [6.07, 6.45) is 0. The zero-order valence-electron chi connectivity index (χ0n) is 11.4. The molecule has 0 aliphatic rings. The van der Waals surface area contributed by atoms with Crippen LogP contribution >= 0.6 is 11.6 Å². The normalized spacial score (nSPS) is 10.2. The minimum absolute atomic E-state index is 0.0893. The van der Waals surface area contributed by atoms with Gasteiger partial charge in [0, 0.05) is 18.4 Å². The second-order valence-electron chi connectivity index (χ2n) is 4.62. The number of nitrogen functional groups attached to an aromatic ring is 1. The predicted molar refractivity (Wildman–Crippen MR) is 84.2 cm³/mol. The Morgan fingerprint density at radius 3 is 2.76 bits per heavy atom. The first kappa shape index (κ1) is 15.1. The lowest BCUT2D eigenvalue weighted by molar-refractivity contribution is -0.114. The van der Waals surface area contributed by atoms with Crippen molar-refractivity contribution in [1.29, 1.82) is 0 Å². The van der Waals surface area contributed by atoms with Gasteiger partial charge in [0.2, 0.25) is 5.91 Å². The van der Waals surface area contributed by atoms with Crippen molar-refractivity contribution in [3.8, 4) is 0 Å². The van der Waals surface area contributed by atoms with Crippen molar-refractivity contribution in [2.45, 2.75) is 0 Å². The van der Waals surface area contributed by atoms with E-state index >= 15 is 0 Å². The Labute approximate surface area is 127 Å². The van der Waals surface area contributed by atoms with Crippen LogP contribution < -0.4 is 16.0 Å². The molecule has 0 heterocycles. The number of nitrogens with one attached hydrogen (secondary N) is 1. The van der Waals surface area contributed by atoms with E-state index in [1.165, 1.54) is 12.1 Å². The fourth-order valence-corrected chi connectivity index (χ4v) is 1.96. The molecule has 0 aromatic heterocycles. The van der Waals surface area contributed by atoms with Crippen LogP contribution in [0.15, 0.2) is 42.5 Å². The Morgan fingerprint density at radius 1 is 1.33 bits per heavy atom. The highest BCUT2D eigenvalue weighted by Gasteiger charge is 2.09. The maximum atomic E-state index is 13.1. The lowest BCUT2D eigenvalue weighted by Gasteiger charge is -2.18. The lowest BCUT2D eigenvalue weighted by Crippen LogP contribution is -2.30. The minimum atomic E-state index is -0.342. The summed E-state index contributed by atoms with van der Waals surface area (Å²) in [5, 5.41) is 3.15. The second kappa shape index (κ2) is 6.45. The Bertz CT molecular complexity index is 663. The van der Waals surface area contributed by atoms with Gasteiger partial charge in [0.05, 0.1) is 17.3 Å². The first-order valence-electron chi connectivity index (χ1n) is 6.27. The van der Waals surface area contributed by atoms with Crippen LogP contribution in [0, 0.1) is 5.82 Å². The van der Waals surface area contributed by atoms with Crippen LogP contribution in [0.5, 0.6) is 0 Å². The molecule has 0 aliphatic heterocycles. The van der Waals surface area contributed by atoms with Crippen LogP contribution in [0.3, 0.4) is 0 Å². The van der Waals surface area contributed by atoms with E-state index in [0.29, 0.717) is 22.1 Å². The largest absolute Gasteiger partial charge is 0.397 e. The van der Waals surface area contributed by atoms with Crippen LogP contribution in [-0.2, 0) is 4.79 Å². The molecule has 0 atom stereocenters. The molecular weight excluding hydrogens is 293 g/mol. The van der Waals surface area contributed by atoms with Crippen LogP contribution in [0.2, 0.25) is 5.02 Å². The van der Waals surface area contributed by atoms with Gasteiger partial charge in [0.15, 0.2) is 0 Å². The Kier molecular flexibility index (Phi) is 4.65. The molecule has 4 nitrogen and oxygen atoms in total. The average Bonchev–Trinajstić information content (AvgIpc) is 2.43. The van der Waals surface area contributed by atoms with E-state index in [9.17, 15) is 9.18 Å². The average molecular weight is 308 g/mol. The summed E-state index contributed by atoms with van der Waals surface area (Å²) in [5.74, 6) is -0.575.